The SMILES string of the molecule is COc1cccc(COc2ccc(Cl)nc2)n1. The van der Waals surface area contributed by atoms with E-state index >= 15 is 0 Å². The van der Waals surface area contributed by atoms with Gasteiger partial charge in [0.15, 0.2) is 0 Å². The maximum absolute atomic E-state index is 5.67. The third kappa shape index (κ3) is 3.32. The van der Waals surface area contributed by atoms with Crippen LogP contribution in [0.25, 0.3) is 0 Å². The molecular weight excluding hydrogens is 240 g/mol. The molecular formula is C12H11ClN2O2. The number of hydrogen-bond acceptors (Lipinski definition) is 4. The summed E-state index contributed by atoms with van der Waals surface area (Å²) in [7, 11) is 1.58. The van der Waals surface area contributed by atoms with Crippen molar-refractivity contribution in [2.45, 2.75) is 6.61 Å². The predicted octanol–water partition coefficient (Wildman–Crippen LogP) is 2.72. The van der Waals surface area contributed by atoms with Crippen LogP contribution in [-0.2, 0) is 6.61 Å². The maximum atomic E-state index is 5.67. The Balaban J connectivity index is 1.99. The molecule has 0 unspecified atom stereocenters. The first kappa shape index (κ1) is 11.7. The number of nitrogens with zero attached hydrogens (tertiary/aromatic N) is 2. The molecule has 5 heteroatoms. The number of halogens is 1. The molecule has 0 amide bonds. The Morgan fingerprint density at radius 2 is 2.12 bits per heavy atom. The van der Waals surface area contributed by atoms with Gasteiger partial charge in [-0.2, -0.15) is 0 Å². The number of pyridine rings is 2. The molecule has 2 aromatic rings. The lowest BCUT2D eigenvalue weighted by Gasteiger charge is -2.06. The molecule has 17 heavy (non-hydrogen) atoms. The van der Waals surface area contributed by atoms with E-state index in [0.29, 0.717) is 23.4 Å². The van der Waals surface area contributed by atoms with Crippen molar-refractivity contribution < 1.29 is 9.47 Å². The van der Waals surface area contributed by atoms with Crippen LogP contribution in [0.4, 0.5) is 0 Å². The van der Waals surface area contributed by atoms with Gasteiger partial charge in [0.05, 0.1) is 19.0 Å². The van der Waals surface area contributed by atoms with Crippen LogP contribution in [0.3, 0.4) is 0 Å². The Labute approximate surface area is 104 Å². The van der Waals surface area contributed by atoms with Gasteiger partial charge >= 0.3 is 0 Å². The highest BCUT2D eigenvalue weighted by molar-refractivity contribution is 6.29. The third-order valence-corrected chi connectivity index (χ3v) is 2.30. The minimum atomic E-state index is 0.362. The fourth-order valence-electron chi connectivity index (χ4n) is 1.26. The maximum Gasteiger partial charge on any atom is 0.213 e. The average Bonchev–Trinajstić information content (AvgIpc) is 2.38. The Morgan fingerprint density at radius 3 is 2.82 bits per heavy atom. The molecule has 2 rings (SSSR count). The molecule has 0 aliphatic rings. The van der Waals surface area contributed by atoms with Gasteiger partial charge in [-0.3, -0.25) is 0 Å². The summed E-state index contributed by atoms with van der Waals surface area (Å²) in [6, 6.07) is 8.95. The van der Waals surface area contributed by atoms with Gasteiger partial charge in [-0.25, -0.2) is 9.97 Å². The molecule has 4 nitrogen and oxygen atoms in total. The van der Waals surface area contributed by atoms with E-state index in [4.69, 9.17) is 21.1 Å². The van der Waals surface area contributed by atoms with Gasteiger partial charge in [-0.15, -0.1) is 0 Å². The molecule has 0 aromatic carbocycles. The van der Waals surface area contributed by atoms with Crippen molar-refractivity contribution in [3.8, 4) is 11.6 Å². The second kappa shape index (κ2) is 5.50. The van der Waals surface area contributed by atoms with Crippen LogP contribution in [0.2, 0.25) is 5.15 Å². The van der Waals surface area contributed by atoms with Crippen molar-refractivity contribution in [3.63, 3.8) is 0 Å². The number of aromatic nitrogens is 2. The standard InChI is InChI=1S/C12H11ClN2O2/c1-16-12-4-2-3-9(15-12)8-17-10-5-6-11(13)14-7-10/h2-7H,8H2,1H3. The van der Waals surface area contributed by atoms with Gasteiger partial charge in [0.25, 0.3) is 0 Å². The first-order chi connectivity index (χ1) is 8.28. The van der Waals surface area contributed by atoms with Crippen molar-refractivity contribution in [2.24, 2.45) is 0 Å². The molecule has 0 saturated carbocycles. The zero-order chi connectivity index (χ0) is 12.1. The summed E-state index contributed by atoms with van der Waals surface area (Å²) in [5, 5.41) is 0.442. The normalized spacial score (nSPS) is 10.0. The van der Waals surface area contributed by atoms with Gasteiger partial charge < -0.3 is 9.47 Å². The van der Waals surface area contributed by atoms with Gasteiger partial charge in [0.2, 0.25) is 5.88 Å². The van der Waals surface area contributed by atoms with Crippen molar-refractivity contribution in [1.82, 2.24) is 9.97 Å². The van der Waals surface area contributed by atoms with Crippen LogP contribution in [0.1, 0.15) is 5.69 Å². The van der Waals surface area contributed by atoms with Gasteiger partial charge in [0.1, 0.15) is 17.5 Å². The van der Waals surface area contributed by atoms with Crippen LogP contribution < -0.4 is 9.47 Å². The lowest BCUT2D eigenvalue weighted by molar-refractivity contribution is 0.297. The first-order valence-electron chi connectivity index (χ1n) is 5.02. The molecule has 0 fully saturated rings. The highest BCUT2D eigenvalue weighted by atomic mass is 35.5. The molecule has 0 radical (unpaired) electrons. The van der Waals surface area contributed by atoms with Gasteiger partial charge in [-0.05, 0) is 18.2 Å². The fourth-order valence-corrected chi connectivity index (χ4v) is 1.37. The van der Waals surface area contributed by atoms with Crippen molar-refractivity contribution >= 4 is 11.6 Å². The van der Waals surface area contributed by atoms with E-state index in [9.17, 15) is 0 Å². The van der Waals surface area contributed by atoms with E-state index in [2.05, 4.69) is 9.97 Å². The Hall–Kier alpha value is -1.81. The molecule has 0 N–H and O–H groups in total. The van der Waals surface area contributed by atoms with Gasteiger partial charge in [-0.1, -0.05) is 17.7 Å². The monoisotopic (exact) mass is 250 g/mol. The minimum absolute atomic E-state index is 0.362. The summed E-state index contributed by atoms with van der Waals surface area (Å²) in [6.07, 6.45) is 1.57. The summed E-state index contributed by atoms with van der Waals surface area (Å²) in [5.41, 5.74) is 0.791. The zero-order valence-corrected chi connectivity index (χ0v) is 10.0. The third-order valence-electron chi connectivity index (χ3n) is 2.08. The number of hydrogen-bond donors (Lipinski definition) is 0. The Bertz CT molecular complexity index is 488. The number of methoxy groups -OCH3 is 1. The van der Waals surface area contributed by atoms with Crippen molar-refractivity contribution in [3.05, 3.63) is 47.4 Å². The summed E-state index contributed by atoms with van der Waals surface area (Å²) in [4.78, 5) is 8.15. The molecule has 0 atom stereocenters. The average molecular weight is 251 g/mol. The molecule has 2 aromatic heterocycles. The van der Waals surface area contributed by atoms with Crippen molar-refractivity contribution in [1.29, 1.82) is 0 Å². The molecule has 0 bridgehead atoms. The molecule has 0 spiro atoms. The van der Waals surface area contributed by atoms with Crippen molar-refractivity contribution in [2.75, 3.05) is 7.11 Å². The lowest BCUT2D eigenvalue weighted by atomic mass is 10.3. The van der Waals surface area contributed by atoms with E-state index < -0.39 is 0 Å². The zero-order valence-electron chi connectivity index (χ0n) is 9.26. The second-order valence-electron chi connectivity index (χ2n) is 3.28. The highest BCUT2D eigenvalue weighted by Crippen LogP contribution is 2.14. The fraction of sp³-hybridized carbons (Fsp3) is 0.167. The number of rotatable bonds is 4. The molecule has 0 aliphatic carbocycles. The van der Waals surface area contributed by atoms with Crippen LogP contribution in [0.15, 0.2) is 36.5 Å². The van der Waals surface area contributed by atoms with E-state index in [1.807, 2.05) is 12.1 Å². The van der Waals surface area contributed by atoms with Gasteiger partial charge in [0, 0.05) is 6.07 Å². The van der Waals surface area contributed by atoms with E-state index in [1.54, 1.807) is 31.5 Å². The molecule has 2 heterocycles. The second-order valence-corrected chi connectivity index (χ2v) is 3.66. The summed E-state index contributed by atoms with van der Waals surface area (Å²) >= 11 is 5.67. The molecule has 0 saturated heterocycles. The number of ether oxygens (including phenoxy) is 2. The molecule has 88 valence electrons. The smallest absolute Gasteiger partial charge is 0.213 e. The topological polar surface area (TPSA) is 44.2 Å². The van der Waals surface area contributed by atoms with Crippen LogP contribution in [-0.4, -0.2) is 17.1 Å². The van der Waals surface area contributed by atoms with Crippen LogP contribution >= 0.6 is 11.6 Å². The lowest BCUT2D eigenvalue weighted by Crippen LogP contribution is -1.99. The Kier molecular flexibility index (Phi) is 3.77. The largest absolute Gasteiger partial charge is 0.486 e. The first-order valence-corrected chi connectivity index (χ1v) is 5.40. The van der Waals surface area contributed by atoms with E-state index in [0.717, 1.165) is 5.69 Å². The summed E-state index contributed by atoms with van der Waals surface area (Å²) in [5.74, 6) is 1.22. The summed E-state index contributed by atoms with van der Waals surface area (Å²) in [6.45, 7) is 0.362. The minimum Gasteiger partial charge on any atom is -0.486 e. The van der Waals surface area contributed by atoms with E-state index in [1.165, 1.54) is 0 Å². The summed E-state index contributed by atoms with van der Waals surface area (Å²) < 4.78 is 10.5. The highest BCUT2D eigenvalue weighted by Gasteiger charge is 1.99. The quantitative estimate of drug-likeness (QED) is 0.783. The Morgan fingerprint density at radius 1 is 1.24 bits per heavy atom. The predicted molar refractivity (Wildman–Crippen MR) is 64.4 cm³/mol. The van der Waals surface area contributed by atoms with E-state index in [-0.39, 0.29) is 0 Å². The van der Waals surface area contributed by atoms with Crippen LogP contribution in [0, 0.1) is 0 Å². The van der Waals surface area contributed by atoms with Crippen LogP contribution in [0.5, 0.6) is 11.6 Å². The molecule has 0 aliphatic heterocycles.